The second-order valence-electron chi connectivity index (χ2n) is 5.39. The number of nitrogens with zero attached hydrogens (tertiary/aromatic N) is 1. The normalized spacial score (nSPS) is 28.6. The number of carboxylic acid groups (broad SMARTS) is 1. The van der Waals surface area contributed by atoms with Crippen molar-refractivity contribution in [1.29, 1.82) is 0 Å². The van der Waals surface area contributed by atoms with Gasteiger partial charge in [-0.2, -0.15) is 0 Å². The number of likely N-dealkylation sites (tertiary alicyclic amines) is 1. The Hall–Kier alpha value is -0.610. The van der Waals surface area contributed by atoms with Gasteiger partial charge in [-0.05, 0) is 24.8 Å². The lowest BCUT2D eigenvalue weighted by Crippen LogP contribution is -2.40. The smallest absolute Gasteiger partial charge is 0.311 e. The van der Waals surface area contributed by atoms with Gasteiger partial charge in [-0.25, -0.2) is 0 Å². The van der Waals surface area contributed by atoms with Gasteiger partial charge in [0.25, 0.3) is 0 Å². The van der Waals surface area contributed by atoms with Gasteiger partial charge in [-0.15, -0.1) is 0 Å². The van der Waals surface area contributed by atoms with E-state index in [1.165, 1.54) is 0 Å². The van der Waals surface area contributed by atoms with E-state index in [0.29, 0.717) is 6.54 Å². The van der Waals surface area contributed by atoms with E-state index in [9.17, 15) is 9.90 Å². The fourth-order valence-corrected chi connectivity index (χ4v) is 2.46. The van der Waals surface area contributed by atoms with Crippen molar-refractivity contribution < 1.29 is 15.0 Å². The minimum Gasteiger partial charge on any atom is -0.481 e. The summed E-state index contributed by atoms with van der Waals surface area (Å²) >= 11 is 0. The van der Waals surface area contributed by atoms with Crippen LogP contribution in [0.3, 0.4) is 0 Å². The monoisotopic (exact) mass is 229 g/mol. The third-order valence-corrected chi connectivity index (χ3v) is 3.79. The molecular weight excluding hydrogens is 206 g/mol. The van der Waals surface area contributed by atoms with Crippen molar-refractivity contribution in [1.82, 2.24) is 4.90 Å². The van der Waals surface area contributed by atoms with E-state index in [2.05, 4.69) is 4.90 Å². The van der Waals surface area contributed by atoms with Crippen LogP contribution in [0.5, 0.6) is 0 Å². The molecule has 0 aromatic heterocycles. The largest absolute Gasteiger partial charge is 0.481 e. The predicted octanol–water partition coefficient (Wildman–Crippen LogP) is 1.05. The third-order valence-electron chi connectivity index (χ3n) is 3.79. The SMILES string of the molecule is CC(CO)CN1CCC(C(=O)O)(C(C)C)C1. The van der Waals surface area contributed by atoms with Crippen LogP contribution in [0.4, 0.5) is 0 Å². The number of hydrogen-bond acceptors (Lipinski definition) is 3. The maximum absolute atomic E-state index is 11.4. The molecule has 0 aromatic rings. The van der Waals surface area contributed by atoms with Gasteiger partial charge < -0.3 is 15.1 Å². The lowest BCUT2D eigenvalue weighted by atomic mass is 9.76. The first-order chi connectivity index (χ1) is 7.42. The van der Waals surface area contributed by atoms with Crippen molar-refractivity contribution >= 4 is 5.97 Å². The molecule has 1 aliphatic heterocycles. The molecule has 0 bridgehead atoms. The molecule has 16 heavy (non-hydrogen) atoms. The van der Waals surface area contributed by atoms with E-state index in [-0.39, 0.29) is 18.4 Å². The van der Waals surface area contributed by atoms with E-state index in [1.807, 2.05) is 20.8 Å². The molecule has 0 radical (unpaired) electrons. The molecule has 0 amide bonds. The molecule has 2 atom stereocenters. The molecule has 0 aromatic carbocycles. The highest BCUT2D eigenvalue weighted by molar-refractivity contribution is 5.75. The van der Waals surface area contributed by atoms with Crippen LogP contribution in [0, 0.1) is 17.3 Å². The third kappa shape index (κ3) is 2.55. The van der Waals surface area contributed by atoms with Crippen molar-refractivity contribution in [2.75, 3.05) is 26.2 Å². The van der Waals surface area contributed by atoms with Gasteiger partial charge in [0.2, 0.25) is 0 Å². The molecule has 4 nitrogen and oxygen atoms in total. The molecule has 1 aliphatic rings. The number of aliphatic hydroxyl groups excluding tert-OH is 1. The van der Waals surface area contributed by atoms with Crippen LogP contribution in [-0.4, -0.2) is 47.3 Å². The molecule has 0 saturated carbocycles. The highest BCUT2D eigenvalue weighted by Crippen LogP contribution is 2.38. The minimum atomic E-state index is -0.679. The highest BCUT2D eigenvalue weighted by Gasteiger charge is 2.47. The van der Waals surface area contributed by atoms with Gasteiger partial charge in [0.15, 0.2) is 0 Å². The minimum absolute atomic E-state index is 0.152. The Kier molecular flexibility index (Phi) is 4.33. The number of carboxylic acids is 1. The van der Waals surface area contributed by atoms with Crippen LogP contribution in [0.2, 0.25) is 0 Å². The first-order valence-electron chi connectivity index (χ1n) is 5.99. The molecule has 2 unspecified atom stereocenters. The van der Waals surface area contributed by atoms with Crippen molar-refractivity contribution in [2.24, 2.45) is 17.3 Å². The summed E-state index contributed by atoms with van der Waals surface area (Å²) in [5.74, 6) is -0.308. The summed E-state index contributed by atoms with van der Waals surface area (Å²) in [6.07, 6.45) is 0.720. The van der Waals surface area contributed by atoms with Crippen LogP contribution < -0.4 is 0 Å². The molecule has 0 spiro atoms. The van der Waals surface area contributed by atoms with Crippen LogP contribution in [0.25, 0.3) is 0 Å². The first-order valence-corrected chi connectivity index (χ1v) is 5.99. The van der Waals surface area contributed by atoms with Gasteiger partial charge in [0.1, 0.15) is 0 Å². The molecule has 1 saturated heterocycles. The molecule has 1 fully saturated rings. The maximum atomic E-state index is 11.4. The predicted molar refractivity (Wildman–Crippen MR) is 62.2 cm³/mol. The zero-order chi connectivity index (χ0) is 12.3. The summed E-state index contributed by atoms with van der Waals surface area (Å²) in [7, 11) is 0. The standard InChI is InChI=1S/C12H23NO3/c1-9(2)12(11(15)16)4-5-13(8-12)6-10(3)7-14/h9-10,14H,4-8H2,1-3H3,(H,15,16). The van der Waals surface area contributed by atoms with E-state index in [0.717, 1.165) is 19.5 Å². The van der Waals surface area contributed by atoms with Gasteiger partial charge in [-0.3, -0.25) is 4.79 Å². The second-order valence-corrected chi connectivity index (χ2v) is 5.39. The molecular formula is C12H23NO3. The fourth-order valence-electron chi connectivity index (χ4n) is 2.46. The Morgan fingerprint density at radius 3 is 2.44 bits per heavy atom. The summed E-state index contributed by atoms with van der Waals surface area (Å²) < 4.78 is 0. The molecule has 1 rings (SSSR count). The number of carbonyl (C=O) groups is 1. The summed E-state index contributed by atoms with van der Waals surface area (Å²) in [6.45, 7) is 8.34. The topological polar surface area (TPSA) is 60.8 Å². The molecule has 4 heteroatoms. The highest BCUT2D eigenvalue weighted by atomic mass is 16.4. The van der Waals surface area contributed by atoms with E-state index < -0.39 is 11.4 Å². The lowest BCUT2D eigenvalue weighted by molar-refractivity contribution is -0.151. The van der Waals surface area contributed by atoms with Crippen LogP contribution >= 0.6 is 0 Å². The average Bonchev–Trinajstić information content (AvgIpc) is 2.63. The van der Waals surface area contributed by atoms with Crippen molar-refractivity contribution in [3.63, 3.8) is 0 Å². The van der Waals surface area contributed by atoms with E-state index in [4.69, 9.17) is 5.11 Å². The van der Waals surface area contributed by atoms with Gasteiger partial charge in [0, 0.05) is 19.7 Å². The first kappa shape index (κ1) is 13.5. The van der Waals surface area contributed by atoms with Crippen LogP contribution in [-0.2, 0) is 4.79 Å². The Morgan fingerprint density at radius 1 is 1.44 bits per heavy atom. The van der Waals surface area contributed by atoms with Crippen LogP contribution in [0.1, 0.15) is 27.2 Å². The fraction of sp³-hybridized carbons (Fsp3) is 0.917. The summed E-state index contributed by atoms with van der Waals surface area (Å²) in [5, 5.41) is 18.4. The Bertz CT molecular complexity index is 255. The Morgan fingerprint density at radius 2 is 2.06 bits per heavy atom. The van der Waals surface area contributed by atoms with Gasteiger partial charge >= 0.3 is 5.97 Å². The molecule has 94 valence electrons. The molecule has 2 N–H and O–H groups in total. The maximum Gasteiger partial charge on any atom is 0.311 e. The second kappa shape index (κ2) is 5.15. The number of hydrogen-bond donors (Lipinski definition) is 2. The van der Waals surface area contributed by atoms with E-state index in [1.54, 1.807) is 0 Å². The zero-order valence-corrected chi connectivity index (χ0v) is 10.4. The Labute approximate surface area is 97.3 Å². The summed E-state index contributed by atoms with van der Waals surface area (Å²) in [5.41, 5.74) is -0.588. The number of rotatable bonds is 5. The van der Waals surface area contributed by atoms with Gasteiger partial charge in [-0.1, -0.05) is 20.8 Å². The van der Waals surface area contributed by atoms with E-state index >= 15 is 0 Å². The lowest BCUT2D eigenvalue weighted by Gasteiger charge is -2.29. The summed E-state index contributed by atoms with van der Waals surface area (Å²) in [4.78, 5) is 13.6. The van der Waals surface area contributed by atoms with Gasteiger partial charge in [0.05, 0.1) is 5.41 Å². The average molecular weight is 229 g/mol. The molecule has 1 heterocycles. The van der Waals surface area contributed by atoms with Crippen molar-refractivity contribution in [3.8, 4) is 0 Å². The number of aliphatic hydroxyl groups is 1. The quantitative estimate of drug-likeness (QED) is 0.739. The summed E-state index contributed by atoms with van der Waals surface area (Å²) in [6, 6.07) is 0. The number of aliphatic carboxylic acids is 1. The Balaban J connectivity index is 2.64. The zero-order valence-electron chi connectivity index (χ0n) is 10.4. The van der Waals surface area contributed by atoms with Crippen molar-refractivity contribution in [3.05, 3.63) is 0 Å². The van der Waals surface area contributed by atoms with Crippen LogP contribution in [0.15, 0.2) is 0 Å². The van der Waals surface area contributed by atoms with Crippen molar-refractivity contribution in [2.45, 2.75) is 27.2 Å². The molecule has 0 aliphatic carbocycles.